The number of carboxylic acid groups (broad SMARTS) is 1. The van der Waals surface area contributed by atoms with Gasteiger partial charge in [0.25, 0.3) is 0 Å². The highest BCUT2D eigenvalue weighted by molar-refractivity contribution is 7.89. The number of likely N-dealkylation sites (N-methyl/N-ethyl adjacent to an activating group) is 1. The quantitative estimate of drug-likeness (QED) is 0.354. The Morgan fingerprint density at radius 1 is 1.13 bits per heavy atom. The van der Waals surface area contributed by atoms with E-state index in [0.29, 0.717) is 18.2 Å². The number of carboxylic acids is 1. The second kappa shape index (κ2) is 11.3. The number of carbonyl (C=O) groups is 1. The molecule has 1 aliphatic heterocycles. The van der Waals surface area contributed by atoms with Crippen molar-refractivity contribution < 1.29 is 40.6 Å². The number of nitrogens with zero attached hydrogens (tertiary/aromatic N) is 2. The van der Waals surface area contributed by atoms with Gasteiger partial charge in [0.1, 0.15) is 23.1 Å². The number of hydrogen-bond donors (Lipinski definition) is 1. The predicted octanol–water partition coefficient (Wildman–Crippen LogP) is 6.30. The second-order valence-electron chi connectivity index (χ2n) is 10.5. The van der Waals surface area contributed by atoms with Crippen LogP contribution in [0.1, 0.15) is 52.5 Å². The Labute approximate surface area is 226 Å². The molecule has 0 aliphatic carbocycles. The zero-order valence-corrected chi connectivity index (χ0v) is 23.4. The highest BCUT2D eigenvalue weighted by Gasteiger charge is 2.43. The fourth-order valence-electron chi connectivity index (χ4n) is 4.50. The Morgan fingerprint density at radius 2 is 1.72 bits per heavy atom. The van der Waals surface area contributed by atoms with Crippen molar-refractivity contribution in [3.8, 4) is 5.75 Å². The number of anilines is 2. The topological polar surface area (TPSA) is 87.1 Å². The number of sulfonamides is 1. The summed E-state index contributed by atoms with van der Waals surface area (Å²) in [5, 5.41) is 9.38. The molecule has 2 aromatic rings. The maximum absolute atomic E-state index is 14.3. The summed E-state index contributed by atoms with van der Waals surface area (Å²) in [6, 6.07) is 6.03. The lowest BCUT2D eigenvalue weighted by Gasteiger charge is -2.31. The van der Waals surface area contributed by atoms with Gasteiger partial charge in [-0.3, -0.25) is 4.79 Å². The molecule has 7 nitrogen and oxygen atoms in total. The second-order valence-corrected chi connectivity index (χ2v) is 12.4. The Morgan fingerprint density at radius 3 is 2.23 bits per heavy atom. The molecule has 2 aromatic carbocycles. The van der Waals surface area contributed by atoms with Crippen LogP contribution in [0.2, 0.25) is 0 Å². The molecule has 12 heteroatoms. The van der Waals surface area contributed by atoms with E-state index in [4.69, 9.17) is 4.74 Å². The third kappa shape index (κ3) is 6.49. The first-order chi connectivity index (χ1) is 18.0. The van der Waals surface area contributed by atoms with E-state index in [1.807, 2.05) is 13.8 Å². The van der Waals surface area contributed by atoms with Crippen LogP contribution < -0.4 is 9.64 Å². The minimum Gasteiger partial charge on any atom is -0.492 e. The van der Waals surface area contributed by atoms with E-state index in [0.717, 1.165) is 31.0 Å². The molecule has 39 heavy (non-hydrogen) atoms. The van der Waals surface area contributed by atoms with Crippen molar-refractivity contribution in [1.29, 1.82) is 0 Å². The van der Waals surface area contributed by atoms with Crippen LogP contribution in [0.3, 0.4) is 0 Å². The summed E-state index contributed by atoms with van der Waals surface area (Å²) < 4.78 is 90.8. The zero-order chi connectivity index (χ0) is 29.3. The van der Waals surface area contributed by atoms with E-state index in [9.17, 15) is 35.9 Å². The Balaban J connectivity index is 2.28. The first kappa shape index (κ1) is 30.7. The summed E-state index contributed by atoms with van der Waals surface area (Å²) in [5.74, 6) is -2.45. The van der Waals surface area contributed by atoms with Gasteiger partial charge in [0, 0.05) is 31.4 Å². The van der Waals surface area contributed by atoms with Gasteiger partial charge in [0.15, 0.2) is 0 Å². The van der Waals surface area contributed by atoms with Gasteiger partial charge in [-0.05, 0) is 56.5 Å². The molecule has 0 bridgehead atoms. The third-order valence-electron chi connectivity index (χ3n) is 7.29. The molecule has 0 amide bonds. The third-order valence-corrected chi connectivity index (χ3v) is 9.23. The largest absolute Gasteiger partial charge is 0.492 e. The van der Waals surface area contributed by atoms with Crippen molar-refractivity contribution >= 4 is 27.4 Å². The van der Waals surface area contributed by atoms with Crippen LogP contribution in [-0.4, -0.2) is 50.0 Å². The molecule has 1 unspecified atom stereocenters. The molecular weight excluding hydrogens is 540 g/mol. The summed E-state index contributed by atoms with van der Waals surface area (Å²) in [6.07, 6.45) is -2.89. The predicted molar refractivity (Wildman–Crippen MR) is 139 cm³/mol. The van der Waals surface area contributed by atoms with Gasteiger partial charge in [-0.1, -0.05) is 26.7 Å². The minimum absolute atomic E-state index is 0.0361. The van der Waals surface area contributed by atoms with E-state index >= 15 is 0 Å². The molecule has 1 heterocycles. The van der Waals surface area contributed by atoms with E-state index in [1.54, 1.807) is 0 Å². The Bertz CT molecular complexity index is 1290. The average molecular weight is 575 g/mol. The fraction of sp³-hybridized carbons (Fsp3) is 0.519. The van der Waals surface area contributed by atoms with Crippen LogP contribution in [0.25, 0.3) is 0 Å². The number of rotatable bonds is 9. The number of benzene rings is 2. The van der Waals surface area contributed by atoms with E-state index in [2.05, 4.69) is 0 Å². The molecule has 0 saturated carbocycles. The smallest absolute Gasteiger partial charge is 0.420 e. The van der Waals surface area contributed by atoms with Crippen molar-refractivity contribution in [2.75, 3.05) is 25.1 Å². The van der Waals surface area contributed by atoms with Gasteiger partial charge >= 0.3 is 12.1 Å². The maximum Gasteiger partial charge on any atom is 0.420 e. The molecule has 0 spiro atoms. The molecule has 0 radical (unpaired) electrons. The van der Waals surface area contributed by atoms with Gasteiger partial charge in [-0.15, -0.1) is 0 Å². The van der Waals surface area contributed by atoms with Gasteiger partial charge in [0.2, 0.25) is 10.0 Å². The number of fused-ring (bicyclic) bond motifs is 1. The first-order valence-electron chi connectivity index (χ1n) is 12.7. The Kier molecular flexibility index (Phi) is 8.91. The Hall–Kier alpha value is -2.86. The number of halogens is 4. The normalized spacial score (nSPS) is 18.1. The van der Waals surface area contributed by atoms with Crippen LogP contribution in [0, 0.1) is 17.2 Å². The van der Waals surface area contributed by atoms with Crippen molar-refractivity contribution in [3.63, 3.8) is 0 Å². The van der Waals surface area contributed by atoms with E-state index < -0.39 is 62.3 Å². The summed E-state index contributed by atoms with van der Waals surface area (Å²) in [7, 11) is -2.92. The lowest BCUT2D eigenvalue weighted by atomic mass is 9.94. The van der Waals surface area contributed by atoms with Gasteiger partial charge in [0.05, 0.1) is 16.7 Å². The summed E-state index contributed by atoms with van der Waals surface area (Å²) >= 11 is 0. The van der Waals surface area contributed by atoms with Crippen LogP contribution in [0.5, 0.6) is 5.75 Å². The summed E-state index contributed by atoms with van der Waals surface area (Å²) in [4.78, 5) is 12.6. The fourth-order valence-corrected chi connectivity index (χ4v) is 6.04. The van der Waals surface area contributed by atoms with E-state index in [-0.39, 0.29) is 18.2 Å². The molecular formula is C27H34F4N2O5S. The number of ether oxygens (including phenoxy) is 1. The first-order valence-corrected chi connectivity index (χ1v) is 14.1. The molecule has 3 rings (SSSR count). The van der Waals surface area contributed by atoms with Crippen LogP contribution in [0.4, 0.5) is 28.9 Å². The monoisotopic (exact) mass is 574 g/mol. The van der Waals surface area contributed by atoms with Gasteiger partial charge in [-0.25, -0.2) is 12.8 Å². The molecule has 0 fully saturated rings. The SMILES string of the molecule is CCC(CC)CC1CN(c2ccc(F)cc2)c2cc(C(F)(F)F)c(OCC(C)(C)C(=O)O)cc2S(=O)(=O)N1C. The van der Waals surface area contributed by atoms with Crippen molar-refractivity contribution in [2.45, 2.75) is 64.1 Å². The van der Waals surface area contributed by atoms with Crippen molar-refractivity contribution in [2.24, 2.45) is 11.3 Å². The maximum atomic E-state index is 14.3. The van der Waals surface area contributed by atoms with Gasteiger partial charge < -0.3 is 14.7 Å². The minimum atomic E-state index is -4.94. The lowest BCUT2D eigenvalue weighted by molar-refractivity contribution is -0.148. The molecule has 0 aromatic heterocycles. The summed E-state index contributed by atoms with van der Waals surface area (Å²) in [6.45, 7) is 5.96. The average Bonchev–Trinajstić information content (AvgIpc) is 2.94. The molecule has 1 aliphatic rings. The number of hydrogen-bond acceptors (Lipinski definition) is 5. The number of aliphatic carboxylic acids is 1. The molecule has 0 saturated heterocycles. The van der Waals surface area contributed by atoms with Crippen molar-refractivity contribution in [1.82, 2.24) is 4.31 Å². The highest BCUT2D eigenvalue weighted by Crippen LogP contribution is 2.46. The number of alkyl halides is 3. The molecule has 1 atom stereocenters. The standard InChI is InChI=1S/C27H34F4N2O5S/c1-6-17(7-2)12-20-15-33(19-10-8-18(28)9-11-19)22-13-21(27(29,30)31)23(38-16-26(3,4)25(34)35)14-24(22)39(36,37)32(20)5/h8-11,13-14,17,20H,6-7,12,15-16H2,1-5H3,(H,34,35). The van der Waals surface area contributed by atoms with Crippen LogP contribution in [0.15, 0.2) is 41.3 Å². The highest BCUT2D eigenvalue weighted by atomic mass is 32.2. The van der Waals surface area contributed by atoms with E-state index in [1.165, 1.54) is 42.2 Å². The lowest BCUT2D eigenvalue weighted by Crippen LogP contribution is -2.42. The summed E-state index contributed by atoms with van der Waals surface area (Å²) in [5.41, 5.74) is -2.68. The van der Waals surface area contributed by atoms with Crippen LogP contribution >= 0.6 is 0 Å². The van der Waals surface area contributed by atoms with Crippen molar-refractivity contribution in [3.05, 3.63) is 47.8 Å². The van der Waals surface area contributed by atoms with Crippen LogP contribution in [-0.2, 0) is 21.0 Å². The molecule has 1 N–H and O–H groups in total. The van der Waals surface area contributed by atoms with Gasteiger partial charge in [-0.2, -0.15) is 17.5 Å². The molecule has 216 valence electrons. The zero-order valence-electron chi connectivity index (χ0n) is 22.5.